The van der Waals surface area contributed by atoms with Crippen LogP contribution in [0.5, 0.6) is 0 Å². The molecule has 1 heterocycles. The third-order valence-corrected chi connectivity index (χ3v) is 3.03. The van der Waals surface area contributed by atoms with E-state index in [4.69, 9.17) is 11.6 Å². The van der Waals surface area contributed by atoms with Crippen LogP contribution in [-0.4, -0.2) is 40.4 Å². The molecule has 0 spiro atoms. The summed E-state index contributed by atoms with van der Waals surface area (Å²) in [5.74, 6) is -0.445. The fraction of sp³-hybridized carbons (Fsp3) is 0.455. The van der Waals surface area contributed by atoms with Crippen molar-refractivity contribution in [3.05, 3.63) is 34.6 Å². The van der Waals surface area contributed by atoms with Gasteiger partial charge in [-0.3, -0.25) is 4.90 Å². The number of hydrogen-bond acceptors (Lipinski definition) is 3. The van der Waals surface area contributed by atoms with Gasteiger partial charge in [-0.1, -0.05) is 17.7 Å². The molecule has 0 unspecified atom stereocenters. The van der Waals surface area contributed by atoms with E-state index in [0.717, 1.165) is 5.56 Å². The van der Waals surface area contributed by atoms with Crippen molar-refractivity contribution >= 4 is 11.6 Å². The van der Waals surface area contributed by atoms with Gasteiger partial charge in [0.1, 0.15) is 5.82 Å². The predicted molar refractivity (Wildman–Crippen MR) is 58.7 cm³/mol. The summed E-state index contributed by atoms with van der Waals surface area (Å²) in [4.78, 5) is 1.87. The summed E-state index contributed by atoms with van der Waals surface area (Å²) in [5, 5.41) is 18.8. The first-order valence-corrected chi connectivity index (χ1v) is 5.46. The van der Waals surface area contributed by atoms with E-state index < -0.39 is 18.0 Å². The number of β-amino-alcohol motifs (C(OH)–C–C–N with tert-alkyl or cyclic N) is 2. The van der Waals surface area contributed by atoms with E-state index >= 15 is 0 Å². The molecule has 1 aromatic rings. The van der Waals surface area contributed by atoms with Crippen LogP contribution in [0.25, 0.3) is 0 Å². The third-order valence-electron chi connectivity index (χ3n) is 2.72. The largest absolute Gasteiger partial charge is 0.389 e. The van der Waals surface area contributed by atoms with Gasteiger partial charge in [0.05, 0.1) is 17.2 Å². The lowest BCUT2D eigenvalue weighted by Gasteiger charge is -2.14. The molecule has 16 heavy (non-hydrogen) atoms. The van der Waals surface area contributed by atoms with E-state index in [2.05, 4.69) is 0 Å². The number of benzene rings is 1. The van der Waals surface area contributed by atoms with Gasteiger partial charge in [0, 0.05) is 19.6 Å². The molecule has 1 saturated heterocycles. The molecule has 5 heteroatoms. The average molecular weight is 246 g/mol. The second kappa shape index (κ2) is 4.67. The number of halogens is 2. The first-order chi connectivity index (χ1) is 7.56. The van der Waals surface area contributed by atoms with Crippen LogP contribution in [0.15, 0.2) is 18.2 Å². The fourth-order valence-electron chi connectivity index (χ4n) is 1.87. The van der Waals surface area contributed by atoms with Crippen LogP contribution in [0.4, 0.5) is 4.39 Å². The summed E-state index contributed by atoms with van der Waals surface area (Å²) < 4.78 is 13.2. The Balaban J connectivity index is 2.02. The molecule has 88 valence electrons. The zero-order chi connectivity index (χ0) is 11.7. The molecule has 1 aromatic carbocycles. The van der Waals surface area contributed by atoms with Gasteiger partial charge >= 0.3 is 0 Å². The minimum atomic E-state index is -0.711. The Morgan fingerprint density at radius 2 is 1.94 bits per heavy atom. The van der Waals surface area contributed by atoms with Gasteiger partial charge in [-0.15, -0.1) is 0 Å². The van der Waals surface area contributed by atoms with Crippen molar-refractivity contribution < 1.29 is 14.6 Å². The third kappa shape index (κ3) is 2.52. The van der Waals surface area contributed by atoms with E-state index in [1.54, 1.807) is 6.07 Å². The molecule has 1 aliphatic rings. The van der Waals surface area contributed by atoms with Gasteiger partial charge in [0.15, 0.2) is 0 Å². The SMILES string of the molecule is O[C@@H]1CN(Cc2ccc(Cl)c(F)c2)C[C@@H]1O. The van der Waals surface area contributed by atoms with Crippen molar-refractivity contribution in [3.8, 4) is 0 Å². The molecule has 0 aliphatic carbocycles. The van der Waals surface area contributed by atoms with Crippen LogP contribution in [0.1, 0.15) is 5.56 Å². The number of aliphatic hydroxyl groups excluding tert-OH is 2. The number of rotatable bonds is 2. The molecular weight excluding hydrogens is 233 g/mol. The van der Waals surface area contributed by atoms with Gasteiger partial charge in [-0.2, -0.15) is 0 Å². The van der Waals surface area contributed by atoms with Crippen molar-refractivity contribution in [1.82, 2.24) is 4.90 Å². The highest BCUT2D eigenvalue weighted by molar-refractivity contribution is 6.30. The Morgan fingerprint density at radius 3 is 2.50 bits per heavy atom. The van der Waals surface area contributed by atoms with Crippen LogP contribution >= 0.6 is 11.6 Å². The molecule has 2 rings (SSSR count). The Kier molecular flexibility index (Phi) is 3.44. The second-order valence-corrected chi connectivity index (χ2v) is 4.48. The van der Waals surface area contributed by atoms with Crippen molar-refractivity contribution in [2.45, 2.75) is 18.8 Å². The fourth-order valence-corrected chi connectivity index (χ4v) is 1.99. The molecule has 0 bridgehead atoms. The summed E-state index contributed by atoms with van der Waals surface area (Å²) in [5.41, 5.74) is 0.781. The maximum Gasteiger partial charge on any atom is 0.142 e. The van der Waals surface area contributed by atoms with E-state index in [9.17, 15) is 14.6 Å². The van der Waals surface area contributed by atoms with E-state index in [-0.39, 0.29) is 5.02 Å². The summed E-state index contributed by atoms with van der Waals surface area (Å²) in [7, 11) is 0. The molecule has 0 radical (unpaired) electrons. The van der Waals surface area contributed by atoms with E-state index in [1.807, 2.05) is 4.90 Å². The monoisotopic (exact) mass is 245 g/mol. The summed E-state index contributed by atoms with van der Waals surface area (Å²) in [6.07, 6.45) is -1.42. The van der Waals surface area contributed by atoms with Crippen LogP contribution in [0, 0.1) is 5.82 Å². The minimum Gasteiger partial charge on any atom is -0.389 e. The maximum absolute atomic E-state index is 13.2. The van der Waals surface area contributed by atoms with Crippen molar-refractivity contribution in [2.24, 2.45) is 0 Å². The number of likely N-dealkylation sites (tertiary alicyclic amines) is 1. The van der Waals surface area contributed by atoms with Crippen molar-refractivity contribution in [1.29, 1.82) is 0 Å². The minimum absolute atomic E-state index is 0.102. The normalized spacial score (nSPS) is 26.2. The highest BCUT2D eigenvalue weighted by atomic mass is 35.5. The van der Waals surface area contributed by atoms with E-state index in [0.29, 0.717) is 19.6 Å². The lowest BCUT2D eigenvalue weighted by molar-refractivity contribution is 0.0572. The van der Waals surface area contributed by atoms with Crippen LogP contribution in [-0.2, 0) is 6.54 Å². The Morgan fingerprint density at radius 1 is 1.31 bits per heavy atom. The first kappa shape index (κ1) is 11.8. The Bertz CT molecular complexity index is 378. The summed E-state index contributed by atoms with van der Waals surface area (Å²) in [6, 6.07) is 4.62. The number of nitrogens with zero attached hydrogens (tertiary/aromatic N) is 1. The average Bonchev–Trinajstić information content (AvgIpc) is 2.52. The Hall–Kier alpha value is -0.680. The molecule has 3 nitrogen and oxygen atoms in total. The van der Waals surface area contributed by atoms with Gasteiger partial charge in [-0.05, 0) is 17.7 Å². The quantitative estimate of drug-likeness (QED) is 0.818. The molecule has 2 N–H and O–H groups in total. The number of aliphatic hydroxyl groups is 2. The standard InChI is InChI=1S/C11H13ClFNO2/c12-8-2-1-7(3-9(8)13)4-14-5-10(15)11(16)6-14/h1-3,10-11,15-16H,4-6H2/t10-,11+. The molecule has 0 aromatic heterocycles. The van der Waals surface area contributed by atoms with Gasteiger partial charge in [0.2, 0.25) is 0 Å². The van der Waals surface area contributed by atoms with Crippen LogP contribution in [0.2, 0.25) is 5.02 Å². The predicted octanol–water partition coefficient (Wildman–Crippen LogP) is 1.02. The second-order valence-electron chi connectivity index (χ2n) is 4.08. The van der Waals surface area contributed by atoms with Gasteiger partial charge in [-0.25, -0.2) is 4.39 Å². The molecular formula is C11H13ClFNO2. The first-order valence-electron chi connectivity index (χ1n) is 5.08. The smallest absolute Gasteiger partial charge is 0.142 e. The highest BCUT2D eigenvalue weighted by Crippen LogP contribution is 2.18. The van der Waals surface area contributed by atoms with Crippen molar-refractivity contribution in [3.63, 3.8) is 0 Å². The van der Waals surface area contributed by atoms with Gasteiger partial charge in [0.25, 0.3) is 0 Å². The lowest BCUT2D eigenvalue weighted by atomic mass is 10.2. The lowest BCUT2D eigenvalue weighted by Crippen LogP contribution is -2.22. The molecule has 2 atom stereocenters. The molecule has 1 aliphatic heterocycles. The van der Waals surface area contributed by atoms with Gasteiger partial charge < -0.3 is 10.2 Å². The van der Waals surface area contributed by atoms with Crippen LogP contribution in [0.3, 0.4) is 0 Å². The zero-order valence-electron chi connectivity index (χ0n) is 8.61. The topological polar surface area (TPSA) is 43.7 Å². The van der Waals surface area contributed by atoms with E-state index in [1.165, 1.54) is 12.1 Å². The van der Waals surface area contributed by atoms with Crippen molar-refractivity contribution in [2.75, 3.05) is 13.1 Å². The molecule has 0 saturated carbocycles. The molecule has 0 amide bonds. The van der Waals surface area contributed by atoms with Crippen LogP contribution < -0.4 is 0 Å². The number of hydrogen-bond donors (Lipinski definition) is 2. The zero-order valence-corrected chi connectivity index (χ0v) is 9.36. The summed E-state index contributed by atoms with van der Waals surface area (Å²) in [6.45, 7) is 1.32. The highest BCUT2D eigenvalue weighted by Gasteiger charge is 2.29. The summed E-state index contributed by atoms with van der Waals surface area (Å²) >= 11 is 5.58. The molecule has 1 fully saturated rings. The maximum atomic E-state index is 13.2. The Labute approximate surface area is 98.1 Å².